The molecule has 2 heterocycles. The van der Waals surface area contributed by atoms with Crippen molar-refractivity contribution in [2.45, 2.75) is 12.8 Å². The third-order valence-electron chi connectivity index (χ3n) is 4.75. The van der Waals surface area contributed by atoms with Crippen LogP contribution in [0.3, 0.4) is 0 Å². The number of para-hydroxylation sites is 1. The lowest BCUT2D eigenvalue weighted by atomic mass is 9.90. The molecule has 5 rings (SSSR count). The van der Waals surface area contributed by atoms with Gasteiger partial charge in [0.15, 0.2) is 0 Å². The molecule has 112 valence electrons. The average molecular weight is 306 g/mol. The minimum absolute atomic E-state index is 0.893. The van der Waals surface area contributed by atoms with Gasteiger partial charge < -0.3 is 0 Å². The van der Waals surface area contributed by atoms with Crippen molar-refractivity contribution in [2.24, 2.45) is 0 Å². The molecule has 0 unspecified atom stereocenters. The van der Waals surface area contributed by atoms with Gasteiger partial charge in [-0.25, -0.2) is 9.97 Å². The Morgan fingerprint density at radius 2 is 1.42 bits per heavy atom. The Morgan fingerprint density at radius 3 is 2.17 bits per heavy atom. The zero-order valence-electron chi connectivity index (χ0n) is 13.1. The maximum Gasteiger partial charge on any atom is 0.0929 e. The van der Waals surface area contributed by atoms with E-state index in [-0.39, 0.29) is 0 Å². The first kappa shape index (κ1) is 13.3. The van der Waals surface area contributed by atoms with E-state index in [9.17, 15) is 0 Å². The molecule has 0 fully saturated rings. The van der Waals surface area contributed by atoms with E-state index in [0.717, 1.165) is 46.2 Å². The summed E-state index contributed by atoms with van der Waals surface area (Å²) in [6.45, 7) is 0. The maximum absolute atomic E-state index is 5.51. The van der Waals surface area contributed by atoms with Crippen molar-refractivity contribution < 1.29 is 0 Å². The summed E-state index contributed by atoms with van der Waals surface area (Å²) >= 11 is 0. The van der Waals surface area contributed by atoms with Crippen molar-refractivity contribution in [1.29, 1.82) is 0 Å². The summed E-state index contributed by atoms with van der Waals surface area (Å²) < 4.78 is 0. The molecule has 0 spiro atoms. The van der Waals surface area contributed by atoms with Crippen molar-refractivity contribution >= 4 is 21.8 Å². The molecule has 2 nitrogen and oxygen atoms in total. The van der Waals surface area contributed by atoms with E-state index in [1.807, 2.05) is 24.3 Å². The molecule has 0 bridgehead atoms. The van der Waals surface area contributed by atoms with E-state index < -0.39 is 0 Å². The number of nitrogens with zero attached hydrogens (tertiary/aromatic N) is 2. The second-order valence-electron chi connectivity index (χ2n) is 6.24. The predicted octanol–water partition coefficient (Wildman–Crippen LogP) is 4.53. The summed E-state index contributed by atoms with van der Waals surface area (Å²) in [6, 6.07) is 18.7. The summed E-state index contributed by atoms with van der Waals surface area (Å²) in [5, 5.41) is 2.30. The number of aryl methyl sites for hydroxylation is 2. The molecule has 0 amide bonds. The maximum atomic E-state index is 5.51. The van der Waals surface area contributed by atoms with Crippen LogP contribution >= 0.6 is 0 Å². The number of benzene rings is 2. The van der Waals surface area contributed by atoms with E-state index in [1.165, 1.54) is 16.5 Å². The van der Waals surface area contributed by atoms with E-state index >= 15 is 0 Å². The fourth-order valence-electron chi connectivity index (χ4n) is 3.53. The molecule has 1 aliphatic rings. The standard InChI is InChI=1S/C22H14N2/c1-2-14-7-10-20-18(11-14)13-17-9-8-16-12-15-5-3-4-6-19(15)23-21(16)22(17)24-20/h1,3-7,10-13H,8-9H2. The predicted molar refractivity (Wildman–Crippen MR) is 97.8 cm³/mol. The van der Waals surface area contributed by atoms with Gasteiger partial charge >= 0.3 is 0 Å². The number of terminal acetylenes is 1. The van der Waals surface area contributed by atoms with E-state index in [0.29, 0.717) is 0 Å². The highest BCUT2D eigenvalue weighted by atomic mass is 14.8. The van der Waals surface area contributed by atoms with E-state index in [2.05, 4.69) is 36.3 Å². The normalized spacial score (nSPS) is 12.6. The van der Waals surface area contributed by atoms with Crippen LogP contribution in [0.4, 0.5) is 0 Å². The van der Waals surface area contributed by atoms with Crippen LogP contribution in [-0.4, -0.2) is 9.97 Å². The Morgan fingerprint density at radius 1 is 0.750 bits per heavy atom. The topological polar surface area (TPSA) is 25.8 Å². The van der Waals surface area contributed by atoms with Crippen molar-refractivity contribution in [1.82, 2.24) is 9.97 Å². The zero-order chi connectivity index (χ0) is 16.1. The lowest BCUT2D eigenvalue weighted by molar-refractivity contribution is 0.923. The first-order valence-corrected chi connectivity index (χ1v) is 8.11. The molecule has 0 N–H and O–H groups in total. The average Bonchev–Trinajstić information content (AvgIpc) is 2.64. The largest absolute Gasteiger partial charge is 0.246 e. The van der Waals surface area contributed by atoms with Gasteiger partial charge in [0.2, 0.25) is 0 Å². The fraction of sp³-hybridized carbons (Fsp3) is 0.0909. The second kappa shape index (κ2) is 4.91. The Bertz CT molecular complexity index is 1170. The van der Waals surface area contributed by atoms with Gasteiger partial charge in [-0.2, -0.15) is 0 Å². The van der Waals surface area contributed by atoms with Crippen LogP contribution in [0.2, 0.25) is 0 Å². The minimum Gasteiger partial charge on any atom is -0.246 e. The quantitative estimate of drug-likeness (QED) is 0.446. The summed E-state index contributed by atoms with van der Waals surface area (Å²) in [5.41, 5.74) is 7.47. The van der Waals surface area contributed by atoms with Crippen molar-refractivity contribution in [3.63, 3.8) is 0 Å². The van der Waals surface area contributed by atoms with Crippen LogP contribution < -0.4 is 0 Å². The van der Waals surface area contributed by atoms with Crippen molar-refractivity contribution in [2.75, 3.05) is 0 Å². The molecule has 0 atom stereocenters. The summed E-state index contributed by atoms with van der Waals surface area (Å²) in [5.74, 6) is 2.69. The van der Waals surface area contributed by atoms with Gasteiger partial charge in [0.05, 0.1) is 22.4 Å². The second-order valence-corrected chi connectivity index (χ2v) is 6.24. The monoisotopic (exact) mass is 306 g/mol. The first-order valence-electron chi connectivity index (χ1n) is 8.11. The summed E-state index contributed by atoms with van der Waals surface area (Å²) in [6.07, 6.45) is 7.51. The molecule has 2 aromatic carbocycles. The lowest BCUT2D eigenvalue weighted by Gasteiger charge is -2.19. The third-order valence-corrected chi connectivity index (χ3v) is 4.75. The molecular formula is C22H14N2. The Kier molecular flexibility index (Phi) is 2.72. The number of fused-ring (bicyclic) bond motifs is 5. The zero-order valence-corrected chi connectivity index (χ0v) is 13.1. The molecule has 0 aliphatic heterocycles. The molecule has 0 saturated heterocycles. The highest BCUT2D eigenvalue weighted by molar-refractivity contribution is 5.88. The van der Waals surface area contributed by atoms with Gasteiger partial charge in [0, 0.05) is 16.3 Å². The first-order chi connectivity index (χ1) is 11.8. The SMILES string of the molecule is C#Cc1ccc2nc3c(cc2c1)CCc1cc2ccccc2nc1-3. The Balaban J connectivity index is 1.79. The van der Waals surface area contributed by atoms with Gasteiger partial charge in [-0.1, -0.05) is 24.1 Å². The van der Waals surface area contributed by atoms with Crippen LogP contribution in [0, 0.1) is 12.3 Å². The number of aromatic nitrogens is 2. The highest BCUT2D eigenvalue weighted by Crippen LogP contribution is 2.34. The van der Waals surface area contributed by atoms with E-state index in [4.69, 9.17) is 16.4 Å². The van der Waals surface area contributed by atoms with Crippen molar-refractivity contribution in [3.05, 3.63) is 71.3 Å². The molecule has 4 aromatic rings. The van der Waals surface area contributed by atoms with Gasteiger partial charge in [-0.05, 0) is 60.4 Å². The highest BCUT2D eigenvalue weighted by Gasteiger charge is 2.20. The van der Waals surface area contributed by atoms with Gasteiger partial charge in [0.25, 0.3) is 0 Å². The molecule has 0 radical (unpaired) electrons. The summed E-state index contributed by atoms with van der Waals surface area (Å²) in [7, 11) is 0. The van der Waals surface area contributed by atoms with Gasteiger partial charge in [-0.15, -0.1) is 6.42 Å². The van der Waals surface area contributed by atoms with Gasteiger partial charge in [-0.3, -0.25) is 0 Å². The number of rotatable bonds is 0. The molecule has 1 aliphatic carbocycles. The molecular weight excluding hydrogens is 292 g/mol. The minimum atomic E-state index is 0.893. The summed E-state index contributed by atoms with van der Waals surface area (Å²) in [4.78, 5) is 9.81. The van der Waals surface area contributed by atoms with Crippen molar-refractivity contribution in [3.8, 4) is 23.7 Å². The van der Waals surface area contributed by atoms with Crippen LogP contribution in [0.15, 0.2) is 54.6 Å². The van der Waals surface area contributed by atoms with Crippen LogP contribution in [0.5, 0.6) is 0 Å². The Hall–Kier alpha value is -3.18. The van der Waals surface area contributed by atoms with Crippen LogP contribution in [0.1, 0.15) is 16.7 Å². The van der Waals surface area contributed by atoms with Crippen LogP contribution in [-0.2, 0) is 12.8 Å². The smallest absolute Gasteiger partial charge is 0.0929 e. The number of pyridine rings is 2. The molecule has 24 heavy (non-hydrogen) atoms. The molecule has 2 heteroatoms. The fourth-order valence-corrected chi connectivity index (χ4v) is 3.53. The number of hydrogen-bond donors (Lipinski definition) is 0. The lowest BCUT2D eigenvalue weighted by Crippen LogP contribution is -2.08. The van der Waals surface area contributed by atoms with E-state index in [1.54, 1.807) is 0 Å². The number of hydrogen-bond acceptors (Lipinski definition) is 2. The van der Waals surface area contributed by atoms with Gasteiger partial charge in [0.1, 0.15) is 0 Å². The molecule has 2 aromatic heterocycles. The van der Waals surface area contributed by atoms with Crippen LogP contribution in [0.25, 0.3) is 33.2 Å². The third kappa shape index (κ3) is 1.92. The Labute approximate surface area is 140 Å². The molecule has 0 saturated carbocycles.